The molecule has 0 aliphatic rings. The van der Waals surface area contributed by atoms with Gasteiger partial charge < -0.3 is 10.1 Å². The van der Waals surface area contributed by atoms with Crippen LogP contribution < -0.4 is 10.1 Å². The van der Waals surface area contributed by atoms with Crippen molar-refractivity contribution in [3.05, 3.63) is 29.8 Å². The molecule has 0 aliphatic heterocycles. The minimum Gasteiger partial charge on any atom is -0.497 e. The number of nitrogens with one attached hydrogen (secondary N) is 1. The maximum atomic E-state index is 11.6. The van der Waals surface area contributed by atoms with Crippen molar-refractivity contribution in [1.29, 1.82) is 0 Å². The van der Waals surface area contributed by atoms with E-state index in [1.54, 1.807) is 7.11 Å². The Balaban J connectivity index is 2.36. The summed E-state index contributed by atoms with van der Waals surface area (Å²) in [4.78, 5) is 11.6. The topological polar surface area (TPSA) is 38.3 Å². The molecule has 17 heavy (non-hydrogen) atoms. The minimum absolute atomic E-state index is 0.0905. The first-order valence-electron chi connectivity index (χ1n) is 5.64. The van der Waals surface area contributed by atoms with Crippen molar-refractivity contribution in [2.45, 2.75) is 25.8 Å². The lowest BCUT2D eigenvalue weighted by Gasteiger charge is -2.10. The van der Waals surface area contributed by atoms with Crippen molar-refractivity contribution in [2.24, 2.45) is 0 Å². The van der Waals surface area contributed by atoms with Crippen LogP contribution in [-0.2, 0) is 11.2 Å². The van der Waals surface area contributed by atoms with E-state index in [2.05, 4.69) is 21.2 Å². The van der Waals surface area contributed by atoms with Crippen LogP contribution in [0, 0.1) is 0 Å². The number of amides is 1. The second-order valence-electron chi connectivity index (χ2n) is 3.97. The number of methoxy groups -OCH3 is 1. The van der Waals surface area contributed by atoms with E-state index in [0.717, 1.165) is 23.1 Å². The van der Waals surface area contributed by atoms with Gasteiger partial charge in [0.2, 0.25) is 5.91 Å². The largest absolute Gasteiger partial charge is 0.497 e. The normalized spacial score (nSPS) is 11.9. The summed E-state index contributed by atoms with van der Waals surface area (Å²) in [7, 11) is 1.64. The van der Waals surface area contributed by atoms with Crippen molar-refractivity contribution in [2.75, 3.05) is 12.4 Å². The Hall–Kier alpha value is -1.03. The van der Waals surface area contributed by atoms with Crippen LogP contribution >= 0.6 is 15.9 Å². The van der Waals surface area contributed by atoms with Crippen LogP contribution in [0.4, 0.5) is 0 Å². The van der Waals surface area contributed by atoms with Gasteiger partial charge in [-0.15, -0.1) is 0 Å². The van der Waals surface area contributed by atoms with E-state index in [9.17, 15) is 4.79 Å². The number of halogens is 1. The Morgan fingerprint density at radius 1 is 1.41 bits per heavy atom. The molecule has 94 valence electrons. The van der Waals surface area contributed by atoms with E-state index < -0.39 is 0 Å². The standard InChI is InChI=1S/C13H18BrNO2/c1-10(9-14)15-13(16)8-5-11-3-6-12(17-2)7-4-11/h3-4,6-7,10H,5,8-9H2,1-2H3,(H,15,16). The molecular weight excluding hydrogens is 282 g/mol. The van der Waals surface area contributed by atoms with Crippen LogP contribution in [0.15, 0.2) is 24.3 Å². The lowest BCUT2D eigenvalue weighted by molar-refractivity contribution is -0.121. The van der Waals surface area contributed by atoms with Crippen molar-refractivity contribution in [3.8, 4) is 5.75 Å². The predicted molar refractivity (Wildman–Crippen MR) is 72.7 cm³/mol. The molecule has 1 unspecified atom stereocenters. The van der Waals surface area contributed by atoms with Crippen LogP contribution in [0.5, 0.6) is 5.75 Å². The van der Waals surface area contributed by atoms with Crippen molar-refractivity contribution in [3.63, 3.8) is 0 Å². The van der Waals surface area contributed by atoms with Crippen LogP contribution in [0.3, 0.4) is 0 Å². The second kappa shape index (κ2) is 7.33. The van der Waals surface area contributed by atoms with Gasteiger partial charge in [0.05, 0.1) is 7.11 Å². The average molecular weight is 300 g/mol. The van der Waals surface area contributed by atoms with E-state index in [0.29, 0.717) is 6.42 Å². The van der Waals surface area contributed by atoms with E-state index in [4.69, 9.17) is 4.74 Å². The molecule has 1 N–H and O–H groups in total. The number of hydrogen-bond donors (Lipinski definition) is 1. The van der Waals surface area contributed by atoms with Crippen LogP contribution in [-0.4, -0.2) is 24.4 Å². The number of aryl methyl sites for hydroxylation is 1. The number of alkyl halides is 1. The van der Waals surface area contributed by atoms with Gasteiger partial charge in [-0.25, -0.2) is 0 Å². The maximum Gasteiger partial charge on any atom is 0.220 e. The zero-order valence-electron chi connectivity index (χ0n) is 10.2. The van der Waals surface area contributed by atoms with Crippen molar-refractivity contribution < 1.29 is 9.53 Å². The molecule has 3 nitrogen and oxygen atoms in total. The lowest BCUT2D eigenvalue weighted by atomic mass is 10.1. The lowest BCUT2D eigenvalue weighted by Crippen LogP contribution is -2.33. The first-order chi connectivity index (χ1) is 8.15. The summed E-state index contributed by atoms with van der Waals surface area (Å²) in [6.07, 6.45) is 1.27. The summed E-state index contributed by atoms with van der Waals surface area (Å²) in [6.45, 7) is 1.97. The predicted octanol–water partition coefficient (Wildman–Crippen LogP) is 2.53. The van der Waals surface area contributed by atoms with E-state index in [1.807, 2.05) is 31.2 Å². The fraction of sp³-hybridized carbons (Fsp3) is 0.462. The number of ether oxygens (including phenoxy) is 1. The molecule has 0 aliphatic carbocycles. The highest BCUT2D eigenvalue weighted by Crippen LogP contribution is 2.12. The first-order valence-corrected chi connectivity index (χ1v) is 6.76. The molecule has 1 amide bonds. The van der Waals surface area contributed by atoms with Gasteiger partial charge in [0.15, 0.2) is 0 Å². The smallest absolute Gasteiger partial charge is 0.220 e. The third-order valence-corrected chi connectivity index (χ3v) is 3.41. The molecule has 0 heterocycles. The van der Waals surface area contributed by atoms with Gasteiger partial charge in [-0.1, -0.05) is 28.1 Å². The fourth-order valence-electron chi connectivity index (χ4n) is 1.44. The Labute approximate surface area is 111 Å². The fourth-order valence-corrected chi connectivity index (χ4v) is 1.60. The number of benzene rings is 1. The van der Waals surface area contributed by atoms with Crippen LogP contribution in [0.25, 0.3) is 0 Å². The Bertz CT molecular complexity index is 351. The number of rotatable bonds is 6. The Morgan fingerprint density at radius 2 is 2.06 bits per heavy atom. The SMILES string of the molecule is COc1ccc(CCC(=O)NC(C)CBr)cc1. The van der Waals surface area contributed by atoms with Gasteiger partial charge in [-0.3, -0.25) is 4.79 Å². The Morgan fingerprint density at radius 3 is 2.59 bits per heavy atom. The van der Waals surface area contributed by atoms with E-state index in [-0.39, 0.29) is 11.9 Å². The Kier molecular flexibility index (Phi) is 6.05. The molecule has 0 aromatic heterocycles. The highest BCUT2D eigenvalue weighted by atomic mass is 79.9. The molecule has 4 heteroatoms. The zero-order chi connectivity index (χ0) is 12.7. The summed E-state index contributed by atoms with van der Waals surface area (Å²) in [5.74, 6) is 0.930. The summed E-state index contributed by atoms with van der Waals surface area (Å²) in [5.41, 5.74) is 1.15. The van der Waals surface area contributed by atoms with Crippen LogP contribution in [0.1, 0.15) is 18.9 Å². The molecule has 0 spiro atoms. The summed E-state index contributed by atoms with van der Waals surface area (Å²) in [5, 5.41) is 3.69. The number of carbonyl (C=O) groups excluding carboxylic acids is 1. The van der Waals surface area contributed by atoms with Crippen LogP contribution in [0.2, 0.25) is 0 Å². The number of hydrogen-bond acceptors (Lipinski definition) is 2. The molecule has 0 bridgehead atoms. The van der Waals surface area contributed by atoms with E-state index >= 15 is 0 Å². The van der Waals surface area contributed by atoms with Crippen molar-refractivity contribution >= 4 is 21.8 Å². The summed E-state index contributed by atoms with van der Waals surface area (Å²) < 4.78 is 5.08. The zero-order valence-corrected chi connectivity index (χ0v) is 11.8. The first kappa shape index (κ1) is 14.0. The third kappa shape index (κ3) is 5.22. The molecule has 0 saturated heterocycles. The third-order valence-electron chi connectivity index (χ3n) is 2.44. The molecule has 0 saturated carbocycles. The molecule has 1 rings (SSSR count). The molecular formula is C13H18BrNO2. The van der Waals surface area contributed by atoms with Gasteiger partial charge in [0, 0.05) is 17.8 Å². The molecule has 1 aromatic rings. The molecule has 1 aromatic carbocycles. The quantitative estimate of drug-likeness (QED) is 0.820. The van der Waals surface area contributed by atoms with Gasteiger partial charge in [-0.05, 0) is 31.0 Å². The highest BCUT2D eigenvalue weighted by molar-refractivity contribution is 9.09. The molecule has 0 radical (unpaired) electrons. The van der Waals surface area contributed by atoms with Gasteiger partial charge in [-0.2, -0.15) is 0 Å². The summed E-state index contributed by atoms with van der Waals surface area (Å²) in [6, 6.07) is 7.97. The van der Waals surface area contributed by atoms with E-state index in [1.165, 1.54) is 0 Å². The highest BCUT2D eigenvalue weighted by Gasteiger charge is 2.06. The number of carbonyl (C=O) groups is 1. The summed E-state index contributed by atoms with van der Waals surface area (Å²) >= 11 is 3.33. The van der Waals surface area contributed by atoms with Crippen molar-refractivity contribution in [1.82, 2.24) is 5.32 Å². The maximum absolute atomic E-state index is 11.6. The second-order valence-corrected chi connectivity index (χ2v) is 4.62. The molecule has 0 fully saturated rings. The molecule has 1 atom stereocenters. The minimum atomic E-state index is 0.0905. The average Bonchev–Trinajstić information content (AvgIpc) is 2.36. The van der Waals surface area contributed by atoms with Gasteiger partial charge in [0.25, 0.3) is 0 Å². The van der Waals surface area contributed by atoms with Gasteiger partial charge >= 0.3 is 0 Å². The monoisotopic (exact) mass is 299 g/mol. The van der Waals surface area contributed by atoms with Gasteiger partial charge in [0.1, 0.15) is 5.75 Å².